The highest BCUT2D eigenvalue weighted by molar-refractivity contribution is 5.93. The van der Waals surface area contributed by atoms with Gasteiger partial charge in [0.25, 0.3) is 5.91 Å². The average molecular weight is 315 g/mol. The number of aromatic nitrogens is 1. The molecular formula is C14H16F3N3O2. The predicted octanol–water partition coefficient (Wildman–Crippen LogP) is 1.82. The Labute approximate surface area is 125 Å². The molecule has 0 saturated carbocycles. The Kier molecular flexibility index (Phi) is 4.20. The number of rotatable bonds is 1. The van der Waals surface area contributed by atoms with Crippen molar-refractivity contribution < 1.29 is 23.1 Å². The van der Waals surface area contributed by atoms with Gasteiger partial charge in [-0.1, -0.05) is 0 Å². The van der Waals surface area contributed by atoms with Gasteiger partial charge in [0, 0.05) is 32.8 Å². The molecule has 120 valence electrons. The highest BCUT2D eigenvalue weighted by Crippen LogP contribution is 2.38. The van der Waals surface area contributed by atoms with Crippen molar-refractivity contribution in [3.05, 3.63) is 23.5 Å². The number of alkyl halides is 3. The van der Waals surface area contributed by atoms with Crippen molar-refractivity contribution >= 4 is 5.91 Å². The Morgan fingerprint density at radius 1 is 1.41 bits per heavy atom. The van der Waals surface area contributed by atoms with E-state index in [4.69, 9.17) is 5.26 Å². The minimum atomic E-state index is -4.70. The smallest absolute Gasteiger partial charge is 0.380 e. The number of amides is 1. The van der Waals surface area contributed by atoms with Crippen LogP contribution in [0.15, 0.2) is 12.3 Å². The van der Waals surface area contributed by atoms with Gasteiger partial charge in [-0.2, -0.15) is 18.4 Å². The number of aliphatic hydroxyl groups is 1. The molecule has 22 heavy (non-hydrogen) atoms. The molecule has 1 aliphatic rings. The van der Waals surface area contributed by atoms with E-state index in [1.54, 1.807) is 7.05 Å². The third-order valence-electron chi connectivity index (χ3n) is 3.98. The SMILES string of the molecule is Cn1cc(C#N)cc1C(=O)N1CCCC(O)(C(F)(F)F)CC1. The number of carbonyl (C=O) groups excluding carboxylic acids is 1. The zero-order chi connectivity index (χ0) is 16.5. The van der Waals surface area contributed by atoms with Gasteiger partial charge in [0.15, 0.2) is 5.60 Å². The molecule has 0 aromatic carbocycles. The lowest BCUT2D eigenvalue weighted by molar-refractivity contribution is -0.263. The van der Waals surface area contributed by atoms with Crippen molar-refractivity contribution in [3.8, 4) is 6.07 Å². The Morgan fingerprint density at radius 2 is 2.09 bits per heavy atom. The Balaban J connectivity index is 2.16. The summed E-state index contributed by atoms with van der Waals surface area (Å²) in [7, 11) is 1.60. The van der Waals surface area contributed by atoms with Crippen LogP contribution in [-0.2, 0) is 7.05 Å². The first-order valence-electron chi connectivity index (χ1n) is 6.83. The summed E-state index contributed by atoms with van der Waals surface area (Å²) >= 11 is 0. The molecule has 0 bridgehead atoms. The number of hydrogen-bond acceptors (Lipinski definition) is 3. The normalized spacial score (nSPS) is 23.0. The number of aryl methyl sites for hydroxylation is 1. The number of likely N-dealkylation sites (tertiary alicyclic amines) is 1. The van der Waals surface area contributed by atoms with Crippen LogP contribution >= 0.6 is 0 Å². The van der Waals surface area contributed by atoms with Crippen LogP contribution < -0.4 is 0 Å². The maximum absolute atomic E-state index is 12.9. The lowest BCUT2D eigenvalue weighted by atomic mass is 9.94. The van der Waals surface area contributed by atoms with Crippen LogP contribution in [0, 0.1) is 11.3 Å². The fourth-order valence-corrected chi connectivity index (χ4v) is 2.61. The van der Waals surface area contributed by atoms with Crippen molar-refractivity contribution in [2.24, 2.45) is 7.05 Å². The van der Waals surface area contributed by atoms with Crippen molar-refractivity contribution in [1.29, 1.82) is 5.26 Å². The van der Waals surface area contributed by atoms with E-state index in [0.717, 1.165) is 0 Å². The third-order valence-corrected chi connectivity index (χ3v) is 3.98. The summed E-state index contributed by atoms with van der Waals surface area (Å²) in [6.07, 6.45) is -4.12. The summed E-state index contributed by atoms with van der Waals surface area (Å²) in [4.78, 5) is 13.7. The second-order valence-corrected chi connectivity index (χ2v) is 5.51. The second kappa shape index (κ2) is 5.65. The minimum Gasteiger partial charge on any atom is -0.380 e. The summed E-state index contributed by atoms with van der Waals surface area (Å²) < 4.78 is 40.1. The van der Waals surface area contributed by atoms with Crippen molar-refractivity contribution in [1.82, 2.24) is 9.47 Å². The molecule has 0 spiro atoms. The third kappa shape index (κ3) is 2.95. The van der Waals surface area contributed by atoms with Crippen molar-refractivity contribution in [2.45, 2.75) is 31.0 Å². The van der Waals surface area contributed by atoms with Gasteiger partial charge in [-0.15, -0.1) is 0 Å². The van der Waals surface area contributed by atoms with Gasteiger partial charge in [0.05, 0.1) is 5.56 Å². The zero-order valence-electron chi connectivity index (χ0n) is 12.0. The van der Waals surface area contributed by atoms with Gasteiger partial charge in [0.1, 0.15) is 11.8 Å². The maximum Gasteiger partial charge on any atom is 0.417 e. The molecule has 1 unspecified atom stereocenters. The quantitative estimate of drug-likeness (QED) is 0.859. The van der Waals surface area contributed by atoms with Crippen molar-refractivity contribution in [2.75, 3.05) is 13.1 Å². The van der Waals surface area contributed by atoms with Crippen LogP contribution in [0.3, 0.4) is 0 Å². The number of nitriles is 1. The van der Waals surface area contributed by atoms with Gasteiger partial charge < -0.3 is 14.6 Å². The van der Waals surface area contributed by atoms with E-state index in [9.17, 15) is 23.1 Å². The molecule has 1 aliphatic heterocycles. The molecule has 1 aromatic heterocycles. The summed E-state index contributed by atoms with van der Waals surface area (Å²) in [5.41, 5.74) is -2.19. The Morgan fingerprint density at radius 3 is 2.64 bits per heavy atom. The highest BCUT2D eigenvalue weighted by Gasteiger charge is 2.53. The Bertz CT molecular complexity index is 618. The van der Waals surface area contributed by atoms with E-state index in [-0.39, 0.29) is 25.2 Å². The fourth-order valence-electron chi connectivity index (χ4n) is 2.61. The van der Waals surface area contributed by atoms with Crippen LogP contribution in [0.1, 0.15) is 35.3 Å². The summed E-state index contributed by atoms with van der Waals surface area (Å²) in [5, 5.41) is 18.6. The number of nitrogens with zero attached hydrogens (tertiary/aromatic N) is 3. The molecule has 1 fully saturated rings. The molecule has 1 N–H and O–H groups in total. The monoisotopic (exact) mass is 315 g/mol. The van der Waals surface area contributed by atoms with E-state index in [1.165, 1.54) is 21.7 Å². The molecule has 8 heteroatoms. The summed E-state index contributed by atoms with van der Waals surface area (Å²) in [6.45, 7) is -0.0355. The number of hydrogen-bond donors (Lipinski definition) is 1. The predicted molar refractivity (Wildman–Crippen MR) is 70.9 cm³/mol. The molecule has 1 amide bonds. The molecule has 0 radical (unpaired) electrons. The van der Waals surface area contributed by atoms with Gasteiger partial charge in [0.2, 0.25) is 0 Å². The van der Waals surface area contributed by atoms with Crippen molar-refractivity contribution in [3.63, 3.8) is 0 Å². The fraction of sp³-hybridized carbons (Fsp3) is 0.571. The van der Waals surface area contributed by atoms with E-state index >= 15 is 0 Å². The Hall–Kier alpha value is -2.01. The molecule has 0 aliphatic carbocycles. The van der Waals surface area contributed by atoms with E-state index in [0.29, 0.717) is 5.56 Å². The summed E-state index contributed by atoms with van der Waals surface area (Å²) in [6, 6.07) is 3.32. The topological polar surface area (TPSA) is 69.3 Å². The van der Waals surface area contributed by atoms with Crippen LogP contribution in [0.2, 0.25) is 0 Å². The van der Waals surface area contributed by atoms with E-state index < -0.39 is 30.5 Å². The lowest BCUT2D eigenvalue weighted by Crippen LogP contribution is -2.46. The summed E-state index contributed by atoms with van der Waals surface area (Å²) in [5.74, 6) is -0.435. The van der Waals surface area contributed by atoms with Crippen LogP contribution in [0.5, 0.6) is 0 Å². The van der Waals surface area contributed by atoms with Crippen LogP contribution in [0.25, 0.3) is 0 Å². The van der Waals surface area contributed by atoms with Gasteiger partial charge in [-0.05, 0) is 18.9 Å². The largest absolute Gasteiger partial charge is 0.417 e. The second-order valence-electron chi connectivity index (χ2n) is 5.51. The zero-order valence-corrected chi connectivity index (χ0v) is 12.0. The molecular weight excluding hydrogens is 299 g/mol. The lowest BCUT2D eigenvalue weighted by Gasteiger charge is -2.29. The van der Waals surface area contributed by atoms with Gasteiger partial charge >= 0.3 is 6.18 Å². The first-order chi connectivity index (χ1) is 10.2. The molecule has 2 heterocycles. The van der Waals surface area contributed by atoms with Gasteiger partial charge in [-0.3, -0.25) is 4.79 Å². The van der Waals surface area contributed by atoms with E-state index in [2.05, 4.69) is 0 Å². The highest BCUT2D eigenvalue weighted by atomic mass is 19.4. The van der Waals surface area contributed by atoms with Crippen LogP contribution in [-0.4, -0.2) is 45.3 Å². The van der Waals surface area contributed by atoms with E-state index in [1.807, 2.05) is 6.07 Å². The minimum absolute atomic E-state index is 0.0667. The molecule has 2 rings (SSSR count). The maximum atomic E-state index is 12.9. The standard InChI is InChI=1S/C14H16F3N3O2/c1-19-9-10(8-18)7-11(19)12(21)20-5-2-3-13(22,4-6-20)14(15,16)17/h7,9,22H,2-6H2,1H3. The number of halogens is 3. The van der Waals surface area contributed by atoms with Crippen LogP contribution in [0.4, 0.5) is 13.2 Å². The molecule has 5 nitrogen and oxygen atoms in total. The molecule has 1 atom stereocenters. The average Bonchev–Trinajstić information content (AvgIpc) is 2.68. The van der Waals surface area contributed by atoms with Gasteiger partial charge in [-0.25, -0.2) is 0 Å². The molecule has 1 saturated heterocycles. The number of carbonyl (C=O) groups is 1. The molecule has 1 aromatic rings. The first kappa shape index (κ1) is 16.4. The first-order valence-corrected chi connectivity index (χ1v) is 6.83.